The first-order chi connectivity index (χ1) is 10.2. The number of fused-ring (bicyclic) bond motifs is 1. The molecular weight excluding hydrogens is 264 g/mol. The van der Waals surface area contributed by atoms with Crippen LogP contribution in [0.15, 0.2) is 54.9 Å². The second kappa shape index (κ2) is 5.54. The SMILES string of the molecule is O=C(O)c1cc(/C=C/c2cccc3ccccc23)ncn1. The highest BCUT2D eigenvalue weighted by atomic mass is 16.4. The van der Waals surface area contributed by atoms with Gasteiger partial charge in [0.1, 0.15) is 6.33 Å². The van der Waals surface area contributed by atoms with Crippen molar-refractivity contribution in [3.63, 3.8) is 0 Å². The van der Waals surface area contributed by atoms with E-state index in [0.717, 1.165) is 16.3 Å². The van der Waals surface area contributed by atoms with Crippen molar-refractivity contribution in [2.24, 2.45) is 0 Å². The lowest BCUT2D eigenvalue weighted by molar-refractivity contribution is 0.0690. The second-order valence-corrected chi connectivity index (χ2v) is 4.53. The van der Waals surface area contributed by atoms with Crippen LogP contribution >= 0.6 is 0 Å². The average Bonchev–Trinajstić information content (AvgIpc) is 2.53. The van der Waals surface area contributed by atoms with Gasteiger partial charge in [-0.3, -0.25) is 0 Å². The fraction of sp³-hybridized carbons (Fsp3) is 0. The molecule has 0 fully saturated rings. The first-order valence-electron chi connectivity index (χ1n) is 6.45. The summed E-state index contributed by atoms with van der Waals surface area (Å²) in [5.74, 6) is -1.06. The van der Waals surface area contributed by atoms with Gasteiger partial charge in [-0.15, -0.1) is 0 Å². The highest BCUT2D eigenvalue weighted by molar-refractivity contribution is 5.93. The van der Waals surface area contributed by atoms with Gasteiger partial charge in [0.2, 0.25) is 0 Å². The lowest BCUT2D eigenvalue weighted by Gasteiger charge is -2.01. The predicted molar refractivity (Wildman–Crippen MR) is 81.9 cm³/mol. The van der Waals surface area contributed by atoms with Crippen molar-refractivity contribution in [2.75, 3.05) is 0 Å². The zero-order valence-corrected chi connectivity index (χ0v) is 11.1. The van der Waals surface area contributed by atoms with E-state index >= 15 is 0 Å². The van der Waals surface area contributed by atoms with Crippen LogP contribution in [0.25, 0.3) is 22.9 Å². The van der Waals surface area contributed by atoms with Crippen molar-refractivity contribution in [2.45, 2.75) is 0 Å². The van der Waals surface area contributed by atoms with Gasteiger partial charge in [0.15, 0.2) is 5.69 Å². The van der Waals surface area contributed by atoms with Crippen LogP contribution < -0.4 is 0 Å². The van der Waals surface area contributed by atoms with Gasteiger partial charge < -0.3 is 5.11 Å². The summed E-state index contributed by atoms with van der Waals surface area (Å²) in [6.45, 7) is 0. The maximum absolute atomic E-state index is 10.9. The first-order valence-corrected chi connectivity index (χ1v) is 6.45. The molecule has 4 heteroatoms. The van der Waals surface area contributed by atoms with Crippen LogP contribution in [0.5, 0.6) is 0 Å². The van der Waals surface area contributed by atoms with Crippen molar-refractivity contribution >= 4 is 28.9 Å². The lowest BCUT2D eigenvalue weighted by Crippen LogP contribution is -2.00. The summed E-state index contributed by atoms with van der Waals surface area (Å²) in [6, 6.07) is 15.6. The number of aromatic carboxylic acids is 1. The Bertz CT molecular complexity index is 836. The maximum Gasteiger partial charge on any atom is 0.354 e. The molecule has 0 aliphatic rings. The summed E-state index contributed by atoms with van der Waals surface area (Å²) in [6.07, 6.45) is 4.97. The van der Waals surface area contributed by atoms with E-state index in [9.17, 15) is 4.79 Å². The minimum atomic E-state index is -1.06. The van der Waals surface area contributed by atoms with E-state index in [-0.39, 0.29) is 5.69 Å². The number of hydrogen-bond donors (Lipinski definition) is 1. The topological polar surface area (TPSA) is 63.1 Å². The molecule has 0 aliphatic heterocycles. The number of carbonyl (C=O) groups is 1. The molecule has 0 saturated carbocycles. The van der Waals surface area contributed by atoms with E-state index in [0.29, 0.717) is 5.69 Å². The van der Waals surface area contributed by atoms with Crippen LogP contribution in [0.3, 0.4) is 0 Å². The van der Waals surface area contributed by atoms with Crippen LogP contribution in [0.1, 0.15) is 21.7 Å². The van der Waals surface area contributed by atoms with Gasteiger partial charge in [-0.25, -0.2) is 14.8 Å². The number of nitrogens with zero attached hydrogens (tertiary/aromatic N) is 2. The minimum Gasteiger partial charge on any atom is -0.477 e. The number of benzene rings is 2. The van der Waals surface area contributed by atoms with Gasteiger partial charge in [-0.05, 0) is 28.5 Å². The second-order valence-electron chi connectivity index (χ2n) is 4.53. The van der Waals surface area contributed by atoms with Crippen LogP contribution in [0, 0.1) is 0 Å². The van der Waals surface area contributed by atoms with Gasteiger partial charge >= 0.3 is 5.97 Å². The Kier molecular flexibility index (Phi) is 3.43. The molecular formula is C17H12N2O2. The Balaban J connectivity index is 1.98. The van der Waals surface area contributed by atoms with E-state index in [1.807, 2.05) is 30.3 Å². The van der Waals surface area contributed by atoms with Crippen molar-refractivity contribution in [3.8, 4) is 0 Å². The standard InChI is InChI=1S/C17H12N2O2/c20-17(21)16-10-14(18-11-19-16)9-8-13-6-3-5-12-4-1-2-7-15(12)13/h1-11H,(H,20,21)/b9-8+. The Labute approximate surface area is 121 Å². The van der Waals surface area contributed by atoms with E-state index in [1.54, 1.807) is 6.08 Å². The maximum atomic E-state index is 10.9. The Hall–Kier alpha value is -3.01. The summed E-state index contributed by atoms with van der Waals surface area (Å²) < 4.78 is 0. The molecule has 0 radical (unpaired) electrons. The third-order valence-corrected chi connectivity index (χ3v) is 3.16. The molecule has 1 aromatic heterocycles. The van der Waals surface area contributed by atoms with Crippen LogP contribution in [-0.2, 0) is 0 Å². The summed E-state index contributed by atoms with van der Waals surface area (Å²) in [4.78, 5) is 18.6. The van der Waals surface area contributed by atoms with Crippen LogP contribution in [-0.4, -0.2) is 21.0 Å². The van der Waals surface area contributed by atoms with Crippen LogP contribution in [0.4, 0.5) is 0 Å². The molecule has 0 atom stereocenters. The van der Waals surface area contributed by atoms with Crippen LogP contribution in [0.2, 0.25) is 0 Å². The quantitative estimate of drug-likeness (QED) is 0.795. The third-order valence-electron chi connectivity index (χ3n) is 3.16. The molecule has 0 aliphatic carbocycles. The van der Waals surface area contributed by atoms with E-state index in [4.69, 9.17) is 5.11 Å². The summed E-state index contributed by atoms with van der Waals surface area (Å²) in [5, 5.41) is 11.2. The van der Waals surface area contributed by atoms with E-state index in [1.165, 1.54) is 12.4 Å². The number of hydrogen-bond acceptors (Lipinski definition) is 3. The summed E-state index contributed by atoms with van der Waals surface area (Å²) in [5.41, 5.74) is 1.61. The molecule has 102 valence electrons. The number of rotatable bonds is 3. The molecule has 4 nitrogen and oxygen atoms in total. The molecule has 0 unspecified atom stereocenters. The van der Waals surface area contributed by atoms with Crippen molar-refractivity contribution in [1.29, 1.82) is 0 Å². The summed E-state index contributed by atoms with van der Waals surface area (Å²) in [7, 11) is 0. The lowest BCUT2D eigenvalue weighted by atomic mass is 10.0. The third kappa shape index (κ3) is 2.79. The molecule has 0 amide bonds. The molecule has 0 saturated heterocycles. The Morgan fingerprint density at radius 1 is 1.00 bits per heavy atom. The summed E-state index contributed by atoms with van der Waals surface area (Å²) >= 11 is 0. The number of carboxylic acid groups (broad SMARTS) is 1. The molecule has 1 N–H and O–H groups in total. The van der Waals surface area contributed by atoms with Crippen molar-refractivity contribution in [3.05, 3.63) is 71.8 Å². The largest absolute Gasteiger partial charge is 0.477 e. The zero-order chi connectivity index (χ0) is 14.7. The monoisotopic (exact) mass is 276 g/mol. The first kappa shape index (κ1) is 13.0. The molecule has 0 spiro atoms. The van der Waals surface area contributed by atoms with Crippen molar-refractivity contribution in [1.82, 2.24) is 9.97 Å². The number of aromatic nitrogens is 2. The van der Waals surface area contributed by atoms with Gasteiger partial charge in [0, 0.05) is 0 Å². The average molecular weight is 276 g/mol. The predicted octanol–water partition coefficient (Wildman–Crippen LogP) is 3.50. The molecule has 0 bridgehead atoms. The van der Waals surface area contributed by atoms with Crippen molar-refractivity contribution < 1.29 is 9.90 Å². The molecule has 3 rings (SSSR count). The van der Waals surface area contributed by atoms with Gasteiger partial charge in [-0.2, -0.15) is 0 Å². The fourth-order valence-corrected chi connectivity index (χ4v) is 2.15. The highest BCUT2D eigenvalue weighted by Crippen LogP contribution is 2.20. The molecule has 21 heavy (non-hydrogen) atoms. The number of carboxylic acids is 1. The smallest absolute Gasteiger partial charge is 0.354 e. The fourth-order valence-electron chi connectivity index (χ4n) is 2.15. The molecule has 1 heterocycles. The van der Waals surface area contributed by atoms with E-state index < -0.39 is 5.97 Å². The molecule has 3 aromatic rings. The Morgan fingerprint density at radius 3 is 2.67 bits per heavy atom. The highest BCUT2D eigenvalue weighted by Gasteiger charge is 2.04. The van der Waals surface area contributed by atoms with Gasteiger partial charge in [0.25, 0.3) is 0 Å². The minimum absolute atomic E-state index is 0.0115. The van der Waals surface area contributed by atoms with Gasteiger partial charge in [0.05, 0.1) is 5.69 Å². The Morgan fingerprint density at radius 2 is 1.81 bits per heavy atom. The zero-order valence-electron chi connectivity index (χ0n) is 11.1. The van der Waals surface area contributed by atoms with E-state index in [2.05, 4.69) is 28.2 Å². The normalized spacial score (nSPS) is 11.0. The van der Waals surface area contributed by atoms with Gasteiger partial charge in [-0.1, -0.05) is 48.5 Å². The molecule has 2 aromatic carbocycles.